The van der Waals surface area contributed by atoms with Crippen molar-refractivity contribution in [2.45, 2.75) is 19.3 Å². The number of nitrogens with one attached hydrogen (secondary N) is 1. The van der Waals surface area contributed by atoms with Gasteiger partial charge in [-0.25, -0.2) is 9.78 Å². The van der Waals surface area contributed by atoms with Crippen LogP contribution in [0.5, 0.6) is 0 Å². The minimum absolute atomic E-state index is 0.103. The van der Waals surface area contributed by atoms with E-state index in [2.05, 4.69) is 22.2 Å². The molecule has 0 aromatic carbocycles. The van der Waals surface area contributed by atoms with Gasteiger partial charge in [0.05, 0.1) is 5.69 Å². The molecule has 2 heterocycles. The molecule has 0 amide bonds. The lowest BCUT2D eigenvalue weighted by molar-refractivity contribution is 0.0691. The van der Waals surface area contributed by atoms with Crippen LogP contribution in [-0.2, 0) is 0 Å². The summed E-state index contributed by atoms with van der Waals surface area (Å²) in [6.45, 7) is 3.14. The molecular formula is C14H21N3O2. The number of carbonyl (C=O) groups is 1. The number of rotatable bonds is 5. The van der Waals surface area contributed by atoms with Crippen molar-refractivity contribution in [3.8, 4) is 0 Å². The second kappa shape index (κ2) is 6.52. The summed E-state index contributed by atoms with van der Waals surface area (Å²) >= 11 is 0. The first-order chi connectivity index (χ1) is 9.16. The molecule has 0 bridgehead atoms. The number of piperidine rings is 1. The van der Waals surface area contributed by atoms with Gasteiger partial charge in [0.2, 0.25) is 0 Å². The highest BCUT2D eigenvalue weighted by atomic mass is 16.4. The SMILES string of the molecule is CN1CCC(CCNc2cccnc2C(=O)O)CC1. The van der Waals surface area contributed by atoms with E-state index in [4.69, 9.17) is 5.11 Å². The third kappa shape index (κ3) is 3.92. The zero-order chi connectivity index (χ0) is 13.7. The van der Waals surface area contributed by atoms with Crippen LogP contribution in [0.3, 0.4) is 0 Å². The third-order valence-corrected chi connectivity index (χ3v) is 3.72. The van der Waals surface area contributed by atoms with E-state index in [1.807, 2.05) is 0 Å². The number of likely N-dealkylation sites (tertiary alicyclic amines) is 1. The summed E-state index contributed by atoms with van der Waals surface area (Å²) in [5.41, 5.74) is 0.716. The number of hydrogen-bond donors (Lipinski definition) is 2. The van der Waals surface area contributed by atoms with Gasteiger partial charge in [-0.05, 0) is 57.5 Å². The molecule has 0 saturated carbocycles. The highest BCUT2D eigenvalue weighted by Gasteiger charge is 2.16. The van der Waals surface area contributed by atoms with Crippen LogP contribution >= 0.6 is 0 Å². The highest BCUT2D eigenvalue weighted by molar-refractivity contribution is 5.91. The van der Waals surface area contributed by atoms with Gasteiger partial charge in [0, 0.05) is 12.7 Å². The Kier molecular flexibility index (Phi) is 4.74. The standard InChI is InChI=1S/C14H21N3O2/c1-17-9-5-11(6-10-17)4-8-15-12-3-2-7-16-13(12)14(18)19/h2-3,7,11,15H,4-6,8-10H2,1H3,(H,18,19). The van der Waals surface area contributed by atoms with Crippen molar-refractivity contribution >= 4 is 11.7 Å². The molecule has 1 aromatic rings. The molecule has 5 heteroatoms. The van der Waals surface area contributed by atoms with Crippen molar-refractivity contribution in [1.82, 2.24) is 9.88 Å². The Bertz CT molecular complexity index is 428. The molecule has 1 aliphatic heterocycles. The van der Waals surface area contributed by atoms with E-state index in [1.54, 1.807) is 12.1 Å². The number of aromatic carboxylic acids is 1. The van der Waals surface area contributed by atoms with Gasteiger partial charge < -0.3 is 15.3 Å². The number of nitrogens with zero attached hydrogens (tertiary/aromatic N) is 2. The van der Waals surface area contributed by atoms with Crippen LogP contribution < -0.4 is 5.32 Å². The average molecular weight is 263 g/mol. The highest BCUT2D eigenvalue weighted by Crippen LogP contribution is 2.20. The van der Waals surface area contributed by atoms with Crippen LogP contribution in [0.4, 0.5) is 5.69 Å². The summed E-state index contributed by atoms with van der Waals surface area (Å²) in [7, 11) is 2.16. The molecule has 0 unspecified atom stereocenters. The zero-order valence-corrected chi connectivity index (χ0v) is 11.3. The molecule has 1 saturated heterocycles. The molecule has 5 nitrogen and oxygen atoms in total. The van der Waals surface area contributed by atoms with Crippen molar-refractivity contribution in [2.24, 2.45) is 5.92 Å². The quantitative estimate of drug-likeness (QED) is 0.849. The number of carboxylic acid groups (broad SMARTS) is 1. The molecule has 2 N–H and O–H groups in total. The average Bonchev–Trinajstić information content (AvgIpc) is 2.41. The van der Waals surface area contributed by atoms with E-state index in [0.29, 0.717) is 5.69 Å². The Hall–Kier alpha value is -1.62. The van der Waals surface area contributed by atoms with E-state index >= 15 is 0 Å². The lowest BCUT2D eigenvalue weighted by Crippen LogP contribution is -2.30. The van der Waals surface area contributed by atoms with Crippen LogP contribution in [0.1, 0.15) is 29.8 Å². The zero-order valence-electron chi connectivity index (χ0n) is 11.3. The minimum Gasteiger partial charge on any atom is -0.476 e. The summed E-state index contributed by atoms with van der Waals surface area (Å²) in [6, 6.07) is 3.52. The van der Waals surface area contributed by atoms with Gasteiger partial charge in [-0.2, -0.15) is 0 Å². The minimum atomic E-state index is -0.984. The largest absolute Gasteiger partial charge is 0.476 e. The molecule has 0 spiro atoms. The van der Waals surface area contributed by atoms with Gasteiger partial charge in [0.15, 0.2) is 5.69 Å². The fraction of sp³-hybridized carbons (Fsp3) is 0.571. The lowest BCUT2D eigenvalue weighted by atomic mass is 9.94. The van der Waals surface area contributed by atoms with Crippen LogP contribution in [-0.4, -0.2) is 47.6 Å². The van der Waals surface area contributed by atoms with E-state index in [1.165, 1.54) is 19.0 Å². The van der Waals surface area contributed by atoms with Gasteiger partial charge in [-0.1, -0.05) is 0 Å². The normalized spacial score (nSPS) is 17.3. The molecular weight excluding hydrogens is 242 g/mol. The second-order valence-electron chi connectivity index (χ2n) is 5.17. The molecule has 19 heavy (non-hydrogen) atoms. The smallest absolute Gasteiger partial charge is 0.356 e. The molecule has 0 atom stereocenters. The van der Waals surface area contributed by atoms with Crippen LogP contribution in [0, 0.1) is 5.92 Å². The Labute approximate surface area is 113 Å². The van der Waals surface area contributed by atoms with Crippen LogP contribution in [0.15, 0.2) is 18.3 Å². The summed E-state index contributed by atoms with van der Waals surface area (Å²) in [6.07, 6.45) is 5.06. The van der Waals surface area contributed by atoms with Crippen molar-refractivity contribution in [3.63, 3.8) is 0 Å². The number of anilines is 1. The Morgan fingerprint density at radius 1 is 1.53 bits per heavy atom. The summed E-state index contributed by atoms with van der Waals surface area (Å²) in [5.74, 6) is -0.240. The van der Waals surface area contributed by atoms with Crippen molar-refractivity contribution in [2.75, 3.05) is 32.0 Å². The molecule has 104 valence electrons. The molecule has 1 fully saturated rings. The van der Waals surface area contributed by atoms with Gasteiger partial charge in [0.25, 0.3) is 0 Å². The van der Waals surface area contributed by atoms with Gasteiger partial charge in [0.1, 0.15) is 0 Å². The monoisotopic (exact) mass is 263 g/mol. The van der Waals surface area contributed by atoms with Gasteiger partial charge in [-0.15, -0.1) is 0 Å². The number of aromatic nitrogens is 1. The van der Waals surface area contributed by atoms with Crippen LogP contribution in [0.2, 0.25) is 0 Å². The summed E-state index contributed by atoms with van der Waals surface area (Å²) in [5, 5.41) is 12.2. The van der Waals surface area contributed by atoms with Gasteiger partial charge >= 0.3 is 5.97 Å². The molecule has 1 aliphatic rings. The Morgan fingerprint density at radius 3 is 2.95 bits per heavy atom. The summed E-state index contributed by atoms with van der Waals surface area (Å²) < 4.78 is 0. The molecule has 0 aliphatic carbocycles. The first kappa shape index (κ1) is 13.8. The van der Waals surface area contributed by atoms with E-state index in [-0.39, 0.29) is 5.69 Å². The first-order valence-corrected chi connectivity index (χ1v) is 6.77. The first-order valence-electron chi connectivity index (χ1n) is 6.77. The second-order valence-corrected chi connectivity index (χ2v) is 5.17. The predicted octanol–water partition coefficient (Wildman–Crippen LogP) is 1.92. The maximum atomic E-state index is 11.0. The molecule has 2 rings (SSSR count). The molecule has 0 radical (unpaired) electrons. The van der Waals surface area contributed by atoms with Gasteiger partial charge in [-0.3, -0.25) is 0 Å². The number of hydrogen-bond acceptors (Lipinski definition) is 4. The Morgan fingerprint density at radius 2 is 2.26 bits per heavy atom. The van der Waals surface area contributed by atoms with Crippen molar-refractivity contribution in [1.29, 1.82) is 0 Å². The lowest BCUT2D eigenvalue weighted by Gasteiger charge is -2.29. The summed E-state index contributed by atoms with van der Waals surface area (Å²) in [4.78, 5) is 17.3. The third-order valence-electron chi connectivity index (χ3n) is 3.72. The maximum absolute atomic E-state index is 11.0. The fourth-order valence-corrected chi connectivity index (χ4v) is 2.48. The molecule has 1 aromatic heterocycles. The van der Waals surface area contributed by atoms with Crippen LogP contribution in [0.25, 0.3) is 0 Å². The predicted molar refractivity (Wildman–Crippen MR) is 74.5 cm³/mol. The van der Waals surface area contributed by atoms with E-state index in [9.17, 15) is 4.79 Å². The maximum Gasteiger partial charge on any atom is 0.356 e. The number of pyridine rings is 1. The fourth-order valence-electron chi connectivity index (χ4n) is 2.48. The van der Waals surface area contributed by atoms with Crippen molar-refractivity contribution < 1.29 is 9.90 Å². The van der Waals surface area contributed by atoms with E-state index in [0.717, 1.165) is 32.0 Å². The Balaban J connectivity index is 1.81. The topological polar surface area (TPSA) is 65.5 Å². The number of carboxylic acids is 1. The van der Waals surface area contributed by atoms with Crippen molar-refractivity contribution in [3.05, 3.63) is 24.0 Å². The van der Waals surface area contributed by atoms with E-state index < -0.39 is 5.97 Å².